The normalized spacial score (nSPS) is 12.3. The summed E-state index contributed by atoms with van der Waals surface area (Å²) in [4.78, 5) is 12.2. The average Bonchev–Trinajstić information content (AvgIpc) is 2.97. The van der Waals surface area contributed by atoms with E-state index in [1.165, 1.54) is 16.9 Å². The number of carbonyl (C=O) groups is 1. The first-order valence-corrected chi connectivity index (χ1v) is 9.57. The van der Waals surface area contributed by atoms with Crippen LogP contribution >= 0.6 is 0 Å². The van der Waals surface area contributed by atoms with Crippen molar-refractivity contribution in [3.8, 4) is 0 Å². The van der Waals surface area contributed by atoms with E-state index in [1.54, 1.807) is 6.20 Å². The van der Waals surface area contributed by atoms with E-state index in [4.69, 9.17) is 0 Å². The zero-order valence-corrected chi connectivity index (χ0v) is 15.4. The standard InChI is InChI=1S/C18H16F3N3O3S/c1-24-10-15(14-4-2-3-5-16(14)24)17(25)23-12-6-8-13(9-7-12)28(26,27)22-11-18(19,20)21/h2-10,22H,11H2,1H3,(H,23,25). The second-order valence-corrected chi connectivity index (χ2v) is 7.86. The van der Waals surface area contributed by atoms with Crippen molar-refractivity contribution in [2.45, 2.75) is 11.1 Å². The number of fused-ring (bicyclic) bond motifs is 1. The number of nitrogens with one attached hydrogen (secondary N) is 2. The molecule has 6 nitrogen and oxygen atoms in total. The van der Waals surface area contributed by atoms with Gasteiger partial charge in [-0.1, -0.05) is 18.2 Å². The molecule has 0 bridgehead atoms. The highest BCUT2D eigenvalue weighted by molar-refractivity contribution is 7.89. The maximum Gasteiger partial charge on any atom is 0.402 e. The Kier molecular flexibility index (Phi) is 5.18. The van der Waals surface area contributed by atoms with Crippen LogP contribution in [-0.2, 0) is 17.1 Å². The van der Waals surface area contributed by atoms with Crippen molar-refractivity contribution in [3.63, 3.8) is 0 Å². The maximum absolute atomic E-state index is 12.6. The number of halogens is 3. The lowest BCUT2D eigenvalue weighted by Gasteiger charge is -2.10. The zero-order chi connectivity index (χ0) is 20.5. The van der Waals surface area contributed by atoms with Gasteiger partial charge in [0.15, 0.2) is 0 Å². The lowest BCUT2D eigenvalue weighted by Crippen LogP contribution is -2.33. The summed E-state index contributed by atoms with van der Waals surface area (Å²) in [6.45, 7) is -1.66. The van der Waals surface area contributed by atoms with Crippen molar-refractivity contribution >= 4 is 32.5 Å². The summed E-state index contributed by atoms with van der Waals surface area (Å²) in [5.41, 5.74) is 1.64. The molecule has 0 saturated heterocycles. The van der Waals surface area contributed by atoms with Crippen LogP contribution in [0.5, 0.6) is 0 Å². The smallest absolute Gasteiger partial charge is 0.350 e. The van der Waals surface area contributed by atoms with Gasteiger partial charge in [0.1, 0.15) is 6.54 Å². The Bertz CT molecular complexity index is 1120. The molecule has 3 aromatic rings. The fourth-order valence-corrected chi connectivity index (χ4v) is 3.71. The lowest BCUT2D eigenvalue weighted by atomic mass is 10.1. The topological polar surface area (TPSA) is 80.2 Å². The summed E-state index contributed by atoms with van der Waals surface area (Å²) in [5.74, 6) is -0.386. The molecule has 0 aliphatic heterocycles. The van der Waals surface area contributed by atoms with E-state index in [1.807, 2.05) is 35.9 Å². The van der Waals surface area contributed by atoms with Crippen LogP contribution in [0.3, 0.4) is 0 Å². The van der Waals surface area contributed by atoms with Gasteiger partial charge < -0.3 is 9.88 Å². The minimum atomic E-state index is -4.65. The molecule has 0 saturated carbocycles. The van der Waals surface area contributed by atoms with Crippen molar-refractivity contribution < 1.29 is 26.4 Å². The SMILES string of the molecule is Cn1cc(C(=O)Nc2ccc(S(=O)(=O)NCC(F)(F)F)cc2)c2ccccc21. The highest BCUT2D eigenvalue weighted by Gasteiger charge is 2.30. The summed E-state index contributed by atoms with van der Waals surface area (Å²) in [6, 6.07) is 12.2. The van der Waals surface area contributed by atoms with Gasteiger partial charge in [-0.15, -0.1) is 0 Å². The van der Waals surface area contributed by atoms with Crippen LogP contribution in [0, 0.1) is 0 Å². The number of sulfonamides is 1. The molecule has 28 heavy (non-hydrogen) atoms. The fourth-order valence-electron chi connectivity index (χ4n) is 2.70. The number of nitrogens with zero attached hydrogens (tertiary/aromatic N) is 1. The molecule has 0 aliphatic rings. The van der Waals surface area contributed by atoms with E-state index in [0.717, 1.165) is 23.0 Å². The van der Waals surface area contributed by atoms with Crippen LogP contribution in [0.15, 0.2) is 59.6 Å². The molecule has 0 fully saturated rings. The van der Waals surface area contributed by atoms with Crippen molar-refractivity contribution in [2.75, 3.05) is 11.9 Å². The molecule has 0 radical (unpaired) electrons. The number of aryl methyl sites for hydroxylation is 1. The van der Waals surface area contributed by atoms with E-state index >= 15 is 0 Å². The van der Waals surface area contributed by atoms with Crippen molar-refractivity contribution in [1.29, 1.82) is 0 Å². The van der Waals surface area contributed by atoms with Crippen LogP contribution < -0.4 is 10.0 Å². The number of hydrogen-bond acceptors (Lipinski definition) is 3. The number of alkyl halides is 3. The molecule has 1 heterocycles. The monoisotopic (exact) mass is 411 g/mol. The summed E-state index contributed by atoms with van der Waals surface area (Å²) >= 11 is 0. The Morgan fingerprint density at radius 3 is 2.36 bits per heavy atom. The number of para-hydroxylation sites is 1. The van der Waals surface area contributed by atoms with Crippen LogP contribution in [0.4, 0.5) is 18.9 Å². The van der Waals surface area contributed by atoms with E-state index in [0.29, 0.717) is 11.3 Å². The average molecular weight is 411 g/mol. The van der Waals surface area contributed by atoms with Gasteiger partial charge in [0.05, 0.1) is 10.5 Å². The summed E-state index contributed by atoms with van der Waals surface area (Å²) in [6.07, 6.45) is -2.97. The number of aromatic nitrogens is 1. The van der Waals surface area contributed by atoms with Crippen LogP contribution in [-0.4, -0.2) is 31.6 Å². The zero-order valence-electron chi connectivity index (χ0n) is 14.6. The van der Waals surface area contributed by atoms with E-state index in [2.05, 4.69) is 5.32 Å². The Hall–Kier alpha value is -2.85. The lowest BCUT2D eigenvalue weighted by molar-refractivity contribution is -0.121. The fraction of sp³-hybridized carbons (Fsp3) is 0.167. The highest BCUT2D eigenvalue weighted by atomic mass is 32.2. The van der Waals surface area contributed by atoms with Crippen LogP contribution in [0.2, 0.25) is 0 Å². The number of carbonyl (C=O) groups excluding carboxylic acids is 1. The third-order valence-corrected chi connectivity index (χ3v) is 5.44. The molecule has 2 N–H and O–H groups in total. The van der Waals surface area contributed by atoms with Crippen molar-refractivity contribution in [3.05, 3.63) is 60.3 Å². The minimum absolute atomic E-state index is 0.313. The molecule has 1 amide bonds. The van der Waals surface area contributed by atoms with Crippen LogP contribution in [0.25, 0.3) is 10.9 Å². The van der Waals surface area contributed by atoms with Gasteiger partial charge in [-0.25, -0.2) is 13.1 Å². The molecule has 148 valence electrons. The largest absolute Gasteiger partial charge is 0.402 e. The molecule has 0 spiro atoms. The molecule has 10 heteroatoms. The second-order valence-electron chi connectivity index (χ2n) is 6.09. The van der Waals surface area contributed by atoms with Crippen molar-refractivity contribution in [2.24, 2.45) is 7.05 Å². The maximum atomic E-state index is 12.6. The molecular formula is C18H16F3N3O3S. The first-order valence-electron chi connectivity index (χ1n) is 8.09. The highest BCUT2D eigenvalue weighted by Crippen LogP contribution is 2.22. The molecular weight excluding hydrogens is 395 g/mol. The predicted molar refractivity (Wildman–Crippen MR) is 98.6 cm³/mol. The third-order valence-electron chi connectivity index (χ3n) is 4.03. The van der Waals surface area contributed by atoms with Gasteiger partial charge in [0.2, 0.25) is 10.0 Å². The molecule has 3 rings (SSSR count). The summed E-state index contributed by atoms with van der Waals surface area (Å²) in [7, 11) is -2.49. The molecule has 1 aromatic heterocycles. The van der Waals surface area contributed by atoms with Gasteiger partial charge in [-0.3, -0.25) is 4.79 Å². The van der Waals surface area contributed by atoms with Gasteiger partial charge in [-0.05, 0) is 30.3 Å². The Morgan fingerprint density at radius 2 is 1.71 bits per heavy atom. The first kappa shape index (κ1) is 19.9. The third kappa shape index (κ3) is 4.34. The van der Waals surface area contributed by atoms with Crippen LogP contribution in [0.1, 0.15) is 10.4 Å². The van der Waals surface area contributed by atoms with Gasteiger partial charge in [-0.2, -0.15) is 13.2 Å². The first-order chi connectivity index (χ1) is 13.1. The predicted octanol–water partition coefficient (Wildman–Crippen LogP) is 3.27. The number of amides is 1. The Morgan fingerprint density at radius 1 is 1.07 bits per heavy atom. The van der Waals surface area contributed by atoms with Gasteiger partial charge in [0.25, 0.3) is 5.91 Å². The van der Waals surface area contributed by atoms with Gasteiger partial charge in [0, 0.05) is 29.8 Å². The summed E-state index contributed by atoms with van der Waals surface area (Å²) in [5, 5.41) is 3.41. The second kappa shape index (κ2) is 7.28. The number of rotatable bonds is 5. The van der Waals surface area contributed by atoms with E-state index < -0.39 is 22.7 Å². The number of benzene rings is 2. The molecule has 0 unspecified atom stereocenters. The molecule has 2 aromatic carbocycles. The molecule has 0 aliphatic carbocycles. The minimum Gasteiger partial charge on any atom is -0.350 e. The quantitative estimate of drug-likeness (QED) is 0.676. The Balaban J connectivity index is 1.76. The van der Waals surface area contributed by atoms with Crippen molar-refractivity contribution in [1.82, 2.24) is 9.29 Å². The van der Waals surface area contributed by atoms with Gasteiger partial charge >= 0.3 is 6.18 Å². The number of hydrogen-bond donors (Lipinski definition) is 2. The Labute approximate surface area is 159 Å². The van der Waals surface area contributed by atoms with E-state index in [-0.39, 0.29) is 10.8 Å². The summed E-state index contributed by atoms with van der Waals surface area (Å²) < 4.78 is 63.7. The van der Waals surface area contributed by atoms with E-state index in [9.17, 15) is 26.4 Å². The number of anilines is 1. The molecule has 0 atom stereocenters.